The Labute approximate surface area is 159 Å². The average molecular weight is 375 g/mol. The van der Waals surface area contributed by atoms with E-state index >= 15 is 0 Å². The zero-order valence-electron chi connectivity index (χ0n) is 15.6. The lowest BCUT2D eigenvalue weighted by Gasteiger charge is -2.36. The van der Waals surface area contributed by atoms with Crippen LogP contribution in [0.15, 0.2) is 29.6 Å². The Hall–Kier alpha value is -2.12. The van der Waals surface area contributed by atoms with Crippen LogP contribution in [0.25, 0.3) is 0 Å². The molecule has 0 unspecified atom stereocenters. The van der Waals surface area contributed by atoms with Gasteiger partial charge in [0, 0.05) is 38.1 Å². The Kier molecular flexibility index (Phi) is 6.11. The van der Waals surface area contributed by atoms with E-state index in [1.54, 1.807) is 18.4 Å². The molecule has 0 spiro atoms. The van der Waals surface area contributed by atoms with Crippen LogP contribution in [0.1, 0.15) is 10.7 Å². The van der Waals surface area contributed by atoms with E-state index in [2.05, 4.69) is 20.9 Å². The smallest absolute Gasteiger partial charge is 0.228 e. The Morgan fingerprint density at radius 1 is 1.23 bits per heavy atom. The summed E-state index contributed by atoms with van der Waals surface area (Å²) < 4.78 is 5.45. The lowest BCUT2D eigenvalue weighted by atomic mass is 10.2. The highest BCUT2D eigenvalue weighted by Gasteiger charge is 2.23. The minimum Gasteiger partial charge on any atom is -0.495 e. The van der Waals surface area contributed by atoms with Gasteiger partial charge in [0.15, 0.2) is 0 Å². The normalized spacial score (nSPS) is 14.8. The molecule has 140 valence electrons. The van der Waals surface area contributed by atoms with E-state index in [0.717, 1.165) is 54.9 Å². The predicted molar refractivity (Wildman–Crippen MR) is 105 cm³/mol. The first-order valence-electron chi connectivity index (χ1n) is 8.80. The first-order valence-corrected chi connectivity index (χ1v) is 9.68. The summed E-state index contributed by atoms with van der Waals surface area (Å²) in [6, 6.07) is 8.03. The van der Waals surface area contributed by atoms with Crippen molar-refractivity contribution >= 4 is 22.9 Å². The summed E-state index contributed by atoms with van der Waals surface area (Å²) in [4.78, 5) is 23.5. The average Bonchev–Trinajstić information content (AvgIpc) is 3.07. The van der Waals surface area contributed by atoms with Gasteiger partial charge in [-0.2, -0.15) is 0 Å². The summed E-state index contributed by atoms with van der Waals surface area (Å²) in [5, 5.41) is 3.06. The maximum Gasteiger partial charge on any atom is 0.228 e. The molecule has 26 heavy (non-hydrogen) atoms. The third-order valence-electron chi connectivity index (χ3n) is 4.44. The molecule has 1 aromatic carbocycles. The van der Waals surface area contributed by atoms with Crippen molar-refractivity contribution in [1.82, 2.24) is 14.8 Å². The number of nitrogens with zero attached hydrogens (tertiary/aromatic N) is 4. The van der Waals surface area contributed by atoms with Crippen molar-refractivity contribution in [2.24, 2.45) is 0 Å². The number of methoxy groups -OCH3 is 1. The molecule has 7 heteroatoms. The second-order valence-corrected chi connectivity index (χ2v) is 7.63. The Bertz CT molecular complexity index is 739. The molecule has 1 aromatic heterocycles. The zero-order chi connectivity index (χ0) is 18.5. The topological polar surface area (TPSA) is 48.9 Å². The van der Waals surface area contributed by atoms with Crippen molar-refractivity contribution < 1.29 is 9.53 Å². The van der Waals surface area contributed by atoms with Crippen LogP contribution in [0.4, 0.5) is 5.69 Å². The fourth-order valence-electron chi connectivity index (χ4n) is 3.13. The maximum absolute atomic E-state index is 12.6. The number of rotatable bonds is 6. The molecule has 2 heterocycles. The molecule has 0 radical (unpaired) electrons. The minimum atomic E-state index is 0.159. The molecule has 1 fully saturated rings. The van der Waals surface area contributed by atoms with Crippen LogP contribution in [0, 0.1) is 0 Å². The van der Waals surface area contributed by atoms with Crippen LogP contribution < -0.4 is 9.64 Å². The largest absolute Gasteiger partial charge is 0.495 e. The van der Waals surface area contributed by atoms with E-state index in [1.165, 1.54) is 0 Å². The van der Waals surface area contributed by atoms with Crippen molar-refractivity contribution in [2.75, 3.05) is 52.3 Å². The van der Waals surface area contributed by atoms with E-state index in [1.807, 2.05) is 42.6 Å². The van der Waals surface area contributed by atoms with Crippen molar-refractivity contribution in [2.45, 2.75) is 13.0 Å². The lowest BCUT2D eigenvalue weighted by molar-refractivity contribution is -0.130. The van der Waals surface area contributed by atoms with Gasteiger partial charge >= 0.3 is 0 Å². The molecule has 0 bridgehead atoms. The van der Waals surface area contributed by atoms with Crippen molar-refractivity contribution in [3.8, 4) is 5.75 Å². The van der Waals surface area contributed by atoms with E-state index in [0.29, 0.717) is 6.42 Å². The highest BCUT2D eigenvalue weighted by molar-refractivity contribution is 7.09. The van der Waals surface area contributed by atoms with Gasteiger partial charge in [0.2, 0.25) is 5.91 Å². The van der Waals surface area contributed by atoms with E-state index < -0.39 is 0 Å². The van der Waals surface area contributed by atoms with Gasteiger partial charge in [-0.05, 0) is 26.2 Å². The summed E-state index contributed by atoms with van der Waals surface area (Å²) >= 11 is 1.62. The molecule has 1 saturated heterocycles. The highest BCUT2D eigenvalue weighted by Crippen LogP contribution is 2.28. The Balaban J connectivity index is 1.54. The molecule has 0 N–H and O–H groups in total. The standard InChI is InChI=1S/C19H26N4O2S/c1-21(2)13-18-20-15(14-26-18)12-19(24)23-10-8-22(9-11-23)16-6-4-5-7-17(16)25-3/h4-7,14H,8-13H2,1-3H3. The van der Waals surface area contributed by atoms with Gasteiger partial charge in [0.05, 0.1) is 24.9 Å². The van der Waals surface area contributed by atoms with Gasteiger partial charge in [-0.3, -0.25) is 4.79 Å². The highest BCUT2D eigenvalue weighted by atomic mass is 32.1. The fraction of sp³-hybridized carbons (Fsp3) is 0.474. The summed E-state index contributed by atoms with van der Waals surface area (Å²) in [7, 11) is 5.73. The molecule has 2 aromatic rings. The lowest BCUT2D eigenvalue weighted by Crippen LogP contribution is -2.49. The Morgan fingerprint density at radius 3 is 2.65 bits per heavy atom. The summed E-state index contributed by atoms with van der Waals surface area (Å²) in [6.07, 6.45) is 0.387. The monoisotopic (exact) mass is 374 g/mol. The van der Waals surface area contributed by atoms with Crippen LogP contribution in [0.3, 0.4) is 0 Å². The molecular weight excluding hydrogens is 348 g/mol. The number of benzene rings is 1. The molecule has 0 saturated carbocycles. The van der Waals surface area contributed by atoms with Gasteiger partial charge in [-0.15, -0.1) is 11.3 Å². The maximum atomic E-state index is 12.6. The number of piperazine rings is 1. The fourth-order valence-corrected chi connectivity index (χ4v) is 4.04. The first kappa shape index (κ1) is 18.7. The van der Waals surface area contributed by atoms with Gasteiger partial charge in [0.25, 0.3) is 0 Å². The van der Waals surface area contributed by atoms with E-state index in [9.17, 15) is 4.79 Å². The third-order valence-corrected chi connectivity index (χ3v) is 5.32. The van der Waals surface area contributed by atoms with Crippen molar-refractivity contribution in [3.05, 3.63) is 40.3 Å². The number of carbonyl (C=O) groups excluding carboxylic acids is 1. The number of carbonyl (C=O) groups is 1. The Morgan fingerprint density at radius 2 is 1.96 bits per heavy atom. The predicted octanol–water partition coefficient (Wildman–Crippen LogP) is 2.10. The number of thiazole rings is 1. The number of aromatic nitrogens is 1. The number of hydrogen-bond acceptors (Lipinski definition) is 6. The minimum absolute atomic E-state index is 0.159. The molecule has 0 atom stereocenters. The van der Waals surface area contributed by atoms with Gasteiger partial charge in [-0.25, -0.2) is 4.98 Å². The van der Waals surface area contributed by atoms with E-state index in [4.69, 9.17) is 4.74 Å². The van der Waals surface area contributed by atoms with Crippen molar-refractivity contribution in [1.29, 1.82) is 0 Å². The van der Waals surface area contributed by atoms with Crippen molar-refractivity contribution in [3.63, 3.8) is 0 Å². The second-order valence-electron chi connectivity index (χ2n) is 6.69. The number of amides is 1. The van der Waals surface area contributed by atoms with E-state index in [-0.39, 0.29) is 5.91 Å². The van der Waals surface area contributed by atoms with Crippen LogP contribution in [-0.2, 0) is 17.8 Å². The molecule has 6 nitrogen and oxygen atoms in total. The zero-order valence-corrected chi connectivity index (χ0v) is 16.5. The SMILES string of the molecule is COc1ccccc1N1CCN(C(=O)Cc2csc(CN(C)C)n2)CC1. The van der Waals surface area contributed by atoms with Crippen LogP contribution >= 0.6 is 11.3 Å². The van der Waals surface area contributed by atoms with Crippen LogP contribution in [0.5, 0.6) is 5.75 Å². The third kappa shape index (κ3) is 4.53. The second kappa shape index (κ2) is 8.51. The van der Waals surface area contributed by atoms with Gasteiger partial charge < -0.3 is 19.4 Å². The molecule has 0 aliphatic carbocycles. The molecule has 3 rings (SSSR count). The number of para-hydroxylation sites is 2. The number of anilines is 1. The van der Waals surface area contributed by atoms with Gasteiger partial charge in [0.1, 0.15) is 10.8 Å². The van der Waals surface area contributed by atoms with Crippen LogP contribution in [-0.4, -0.2) is 68.1 Å². The number of hydrogen-bond donors (Lipinski definition) is 0. The summed E-state index contributed by atoms with van der Waals surface area (Å²) in [6.45, 7) is 3.90. The number of ether oxygens (including phenoxy) is 1. The molecule has 1 aliphatic heterocycles. The first-order chi connectivity index (χ1) is 12.6. The molecule has 1 amide bonds. The summed E-state index contributed by atoms with van der Waals surface area (Å²) in [5.41, 5.74) is 1.97. The molecular formula is C19H26N4O2S. The summed E-state index contributed by atoms with van der Waals surface area (Å²) in [5.74, 6) is 1.04. The molecule has 1 aliphatic rings. The van der Waals surface area contributed by atoms with Crippen LogP contribution in [0.2, 0.25) is 0 Å². The van der Waals surface area contributed by atoms with Gasteiger partial charge in [-0.1, -0.05) is 12.1 Å². The quantitative estimate of drug-likeness (QED) is 0.775.